The highest BCUT2D eigenvalue weighted by molar-refractivity contribution is 9.10. The summed E-state index contributed by atoms with van der Waals surface area (Å²) in [6, 6.07) is 10.2. The summed E-state index contributed by atoms with van der Waals surface area (Å²) in [6.45, 7) is -2.56. The number of halogens is 5. The second-order valence-corrected chi connectivity index (χ2v) is 6.35. The van der Waals surface area contributed by atoms with E-state index in [0.717, 1.165) is 8.95 Å². The Kier molecular flexibility index (Phi) is 5.84. The standard InChI is InChI=1S/C14H10Br2ClF2NO/c15-9-2-4-13(21-14(18)19)8(5-9)7-20-12-6-10(16)1-3-11(12)17/h1-6,14,20H,7H2. The fourth-order valence-electron chi connectivity index (χ4n) is 1.72. The van der Waals surface area contributed by atoms with Crippen molar-refractivity contribution in [2.45, 2.75) is 13.2 Å². The number of benzene rings is 2. The number of anilines is 1. The molecule has 0 spiro atoms. The van der Waals surface area contributed by atoms with Crippen LogP contribution in [0.15, 0.2) is 45.3 Å². The molecule has 0 aliphatic carbocycles. The molecule has 0 fully saturated rings. The van der Waals surface area contributed by atoms with Gasteiger partial charge in [0.25, 0.3) is 0 Å². The summed E-state index contributed by atoms with van der Waals surface area (Å²) in [5.41, 5.74) is 1.30. The summed E-state index contributed by atoms with van der Waals surface area (Å²) in [6.07, 6.45) is 0. The lowest BCUT2D eigenvalue weighted by Crippen LogP contribution is -2.07. The second kappa shape index (κ2) is 7.42. The van der Waals surface area contributed by atoms with Crippen LogP contribution in [0.25, 0.3) is 0 Å². The van der Waals surface area contributed by atoms with Crippen molar-refractivity contribution < 1.29 is 13.5 Å². The van der Waals surface area contributed by atoms with E-state index in [-0.39, 0.29) is 5.75 Å². The van der Waals surface area contributed by atoms with Crippen LogP contribution < -0.4 is 10.1 Å². The summed E-state index contributed by atoms with van der Waals surface area (Å²) in [5, 5.41) is 3.65. The molecule has 0 atom stereocenters. The molecule has 1 N–H and O–H groups in total. The molecule has 0 saturated heterocycles. The zero-order valence-corrected chi connectivity index (χ0v) is 14.5. The average molecular weight is 441 g/mol. The van der Waals surface area contributed by atoms with Gasteiger partial charge in [0.15, 0.2) is 0 Å². The van der Waals surface area contributed by atoms with Gasteiger partial charge in [-0.15, -0.1) is 0 Å². The van der Waals surface area contributed by atoms with Gasteiger partial charge in [0, 0.05) is 21.1 Å². The highest BCUT2D eigenvalue weighted by Crippen LogP contribution is 2.29. The Morgan fingerprint density at radius 3 is 2.48 bits per heavy atom. The molecule has 21 heavy (non-hydrogen) atoms. The van der Waals surface area contributed by atoms with Gasteiger partial charge in [0.2, 0.25) is 0 Å². The molecule has 0 aromatic heterocycles. The number of rotatable bonds is 5. The third kappa shape index (κ3) is 4.83. The molecule has 0 radical (unpaired) electrons. The normalized spacial score (nSPS) is 10.8. The first kappa shape index (κ1) is 16.5. The molecular weight excluding hydrogens is 431 g/mol. The Hall–Kier alpha value is -0.850. The van der Waals surface area contributed by atoms with E-state index >= 15 is 0 Å². The first-order valence-electron chi connectivity index (χ1n) is 5.88. The lowest BCUT2D eigenvalue weighted by molar-refractivity contribution is -0.0504. The van der Waals surface area contributed by atoms with Crippen LogP contribution in [0.3, 0.4) is 0 Å². The Balaban J connectivity index is 2.18. The molecule has 2 aromatic rings. The lowest BCUT2D eigenvalue weighted by Gasteiger charge is -2.13. The first-order valence-corrected chi connectivity index (χ1v) is 7.84. The highest BCUT2D eigenvalue weighted by atomic mass is 79.9. The fourth-order valence-corrected chi connectivity index (χ4v) is 2.67. The molecule has 0 saturated carbocycles. The van der Waals surface area contributed by atoms with Gasteiger partial charge < -0.3 is 10.1 Å². The zero-order chi connectivity index (χ0) is 15.4. The van der Waals surface area contributed by atoms with E-state index in [9.17, 15) is 8.78 Å². The molecular formula is C14H10Br2ClF2NO. The van der Waals surface area contributed by atoms with Crippen molar-refractivity contribution in [2.24, 2.45) is 0 Å². The molecule has 7 heteroatoms. The quantitative estimate of drug-likeness (QED) is 0.607. The third-order valence-corrected chi connectivity index (χ3v) is 3.95. The second-order valence-electron chi connectivity index (χ2n) is 4.11. The molecule has 0 heterocycles. The molecule has 2 nitrogen and oxygen atoms in total. The van der Waals surface area contributed by atoms with E-state index in [1.807, 2.05) is 12.1 Å². The van der Waals surface area contributed by atoms with Crippen LogP contribution in [0, 0.1) is 0 Å². The maximum absolute atomic E-state index is 12.4. The lowest BCUT2D eigenvalue weighted by atomic mass is 10.2. The minimum atomic E-state index is -2.86. The fraction of sp³-hybridized carbons (Fsp3) is 0.143. The van der Waals surface area contributed by atoms with E-state index in [4.69, 9.17) is 11.6 Å². The van der Waals surface area contributed by atoms with Crippen LogP contribution >= 0.6 is 43.5 Å². The number of nitrogens with one attached hydrogen (secondary N) is 1. The van der Waals surface area contributed by atoms with Crippen molar-refractivity contribution >= 4 is 49.1 Å². The molecule has 112 valence electrons. The summed E-state index contributed by atoms with van der Waals surface area (Å²) < 4.78 is 31.0. The minimum Gasteiger partial charge on any atom is -0.434 e. The topological polar surface area (TPSA) is 21.3 Å². The van der Waals surface area contributed by atoms with E-state index in [0.29, 0.717) is 22.8 Å². The van der Waals surface area contributed by atoms with Gasteiger partial charge in [-0.25, -0.2) is 0 Å². The highest BCUT2D eigenvalue weighted by Gasteiger charge is 2.11. The number of alkyl halides is 2. The van der Waals surface area contributed by atoms with Gasteiger partial charge in [-0.2, -0.15) is 8.78 Å². The molecule has 0 amide bonds. The number of ether oxygens (including phenoxy) is 1. The van der Waals surface area contributed by atoms with Crippen LogP contribution in [-0.4, -0.2) is 6.61 Å². The van der Waals surface area contributed by atoms with Gasteiger partial charge in [-0.05, 0) is 36.4 Å². The molecule has 0 bridgehead atoms. The van der Waals surface area contributed by atoms with Crippen LogP contribution in [-0.2, 0) is 6.54 Å². The number of hydrogen-bond donors (Lipinski definition) is 1. The molecule has 0 aliphatic rings. The van der Waals surface area contributed by atoms with Crippen molar-refractivity contribution in [1.82, 2.24) is 0 Å². The monoisotopic (exact) mass is 439 g/mol. The summed E-state index contributed by atoms with van der Waals surface area (Å²) in [7, 11) is 0. The third-order valence-electron chi connectivity index (χ3n) is 2.64. The van der Waals surface area contributed by atoms with Crippen molar-refractivity contribution in [3.8, 4) is 5.75 Å². The van der Waals surface area contributed by atoms with E-state index in [1.54, 1.807) is 18.2 Å². The van der Waals surface area contributed by atoms with Crippen molar-refractivity contribution in [2.75, 3.05) is 5.32 Å². The predicted molar refractivity (Wildman–Crippen MR) is 87.3 cm³/mol. The van der Waals surface area contributed by atoms with E-state index in [2.05, 4.69) is 41.9 Å². The Labute approximate surface area is 142 Å². The Bertz CT molecular complexity index is 640. The largest absolute Gasteiger partial charge is 0.434 e. The number of hydrogen-bond acceptors (Lipinski definition) is 2. The van der Waals surface area contributed by atoms with Crippen LogP contribution in [0.4, 0.5) is 14.5 Å². The predicted octanol–water partition coefficient (Wildman–Crippen LogP) is 6.08. The minimum absolute atomic E-state index is 0.131. The smallest absolute Gasteiger partial charge is 0.387 e. The van der Waals surface area contributed by atoms with Crippen LogP contribution in [0.1, 0.15) is 5.56 Å². The molecule has 2 rings (SSSR count). The summed E-state index contributed by atoms with van der Waals surface area (Å²) in [5.74, 6) is 0.131. The van der Waals surface area contributed by atoms with Crippen LogP contribution in [0.5, 0.6) is 5.75 Å². The van der Waals surface area contributed by atoms with Gasteiger partial charge in [-0.1, -0.05) is 43.5 Å². The van der Waals surface area contributed by atoms with Gasteiger partial charge in [0.05, 0.1) is 10.7 Å². The van der Waals surface area contributed by atoms with Crippen LogP contribution in [0.2, 0.25) is 5.02 Å². The Morgan fingerprint density at radius 1 is 1.10 bits per heavy atom. The van der Waals surface area contributed by atoms with Gasteiger partial charge in [0.1, 0.15) is 5.75 Å². The van der Waals surface area contributed by atoms with Gasteiger partial charge in [-0.3, -0.25) is 0 Å². The maximum Gasteiger partial charge on any atom is 0.387 e. The SMILES string of the molecule is FC(F)Oc1ccc(Br)cc1CNc1cc(Br)ccc1Cl. The molecule has 0 unspecified atom stereocenters. The van der Waals surface area contributed by atoms with Gasteiger partial charge >= 0.3 is 6.61 Å². The zero-order valence-electron chi connectivity index (χ0n) is 10.5. The van der Waals surface area contributed by atoms with Crippen molar-refractivity contribution in [3.05, 3.63) is 55.9 Å². The summed E-state index contributed by atoms with van der Waals surface area (Å²) in [4.78, 5) is 0. The average Bonchev–Trinajstić information content (AvgIpc) is 2.42. The first-order chi connectivity index (χ1) is 9.95. The van der Waals surface area contributed by atoms with Crippen molar-refractivity contribution in [1.29, 1.82) is 0 Å². The van der Waals surface area contributed by atoms with E-state index < -0.39 is 6.61 Å². The maximum atomic E-state index is 12.4. The van der Waals surface area contributed by atoms with Crippen molar-refractivity contribution in [3.63, 3.8) is 0 Å². The summed E-state index contributed by atoms with van der Waals surface area (Å²) >= 11 is 12.7. The van der Waals surface area contributed by atoms with E-state index in [1.165, 1.54) is 6.07 Å². The molecule has 0 aliphatic heterocycles. The Morgan fingerprint density at radius 2 is 1.76 bits per heavy atom. The molecule has 2 aromatic carbocycles.